The number of carbonyl (C=O) groups excluding carboxylic acids is 2. The molecule has 2 fully saturated rings. The molecule has 3 aliphatic rings. The number of amides is 1. The lowest BCUT2D eigenvalue weighted by molar-refractivity contribution is -0.125. The lowest BCUT2D eigenvalue weighted by Gasteiger charge is -2.34. The topological polar surface area (TPSA) is 80.3 Å². The van der Waals surface area contributed by atoms with Crippen LogP contribution < -0.4 is 15.1 Å². The number of esters is 1. The lowest BCUT2D eigenvalue weighted by atomic mass is 9.98. The minimum atomic E-state index is -0.853. The highest BCUT2D eigenvalue weighted by Gasteiger charge is 2.32. The van der Waals surface area contributed by atoms with Crippen molar-refractivity contribution in [2.75, 3.05) is 67.7 Å². The number of rotatable bonds is 4. The normalized spacial score (nSPS) is 21.0. The zero-order chi connectivity index (χ0) is 21.9. The van der Waals surface area contributed by atoms with Gasteiger partial charge in [0.15, 0.2) is 6.10 Å². The number of hydrogen-bond acceptors (Lipinski definition) is 7. The van der Waals surface area contributed by atoms with Crippen LogP contribution in [-0.4, -0.2) is 70.6 Å². The van der Waals surface area contributed by atoms with Gasteiger partial charge in [-0.15, -0.1) is 0 Å². The molecule has 0 spiro atoms. The van der Waals surface area contributed by atoms with Crippen molar-refractivity contribution in [1.29, 1.82) is 0 Å². The molecule has 0 saturated carbocycles. The number of fused-ring (bicyclic) bond motifs is 1. The summed E-state index contributed by atoms with van der Waals surface area (Å²) >= 11 is 0. The van der Waals surface area contributed by atoms with Crippen LogP contribution in [0.25, 0.3) is 0 Å². The van der Waals surface area contributed by atoms with E-state index in [9.17, 15) is 9.59 Å². The molecular formula is C24H27N3O5. The number of nitrogens with one attached hydrogen (secondary N) is 1. The molecule has 0 bridgehead atoms. The molecular weight excluding hydrogens is 410 g/mol. The Morgan fingerprint density at radius 2 is 1.59 bits per heavy atom. The van der Waals surface area contributed by atoms with Crippen molar-refractivity contribution in [2.24, 2.45) is 0 Å². The zero-order valence-electron chi connectivity index (χ0n) is 17.9. The van der Waals surface area contributed by atoms with E-state index < -0.39 is 12.1 Å². The third kappa shape index (κ3) is 4.28. The van der Waals surface area contributed by atoms with E-state index in [4.69, 9.17) is 14.2 Å². The second kappa shape index (κ2) is 9.18. The second-order valence-corrected chi connectivity index (χ2v) is 8.14. The van der Waals surface area contributed by atoms with Crippen molar-refractivity contribution >= 4 is 28.9 Å². The zero-order valence-corrected chi connectivity index (χ0v) is 17.9. The first-order chi connectivity index (χ1) is 15.7. The number of cyclic esters (lactones) is 1. The Bertz CT molecular complexity index is 999. The van der Waals surface area contributed by atoms with Crippen molar-refractivity contribution in [1.82, 2.24) is 0 Å². The summed E-state index contributed by atoms with van der Waals surface area (Å²) in [5.74, 6) is -0.774. The number of hydrogen-bond donors (Lipinski definition) is 1. The van der Waals surface area contributed by atoms with Gasteiger partial charge in [0.1, 0.15) is 0 Å². The van der Waals surface area contributed by atoms with E-state index >= 15 is 0 Å². The molecule has 8 nitrogen and oxygen atoms in total. The first-order valence-corrected chi connectivity index (χ1v) is 11.1. The van der Waals surface area contributed by atoms with Gasteiger partial charge in [0, 0.05) is 38.3 Å². The van der Waals surface area contributed by atoms with Gasteiger partial charge >= 0.3 is 5.97 Å². The smallest absolute Gasteiger partial charge is 0.339 e. The number of benzene rings is 2. The molecule has 0 unspecified atom stereocenters. The van der Waals surface area contributed by atoms with Crippen LogP contribution in [0.3, 0.4) is 0 Å². The highest BCUT2D eigenvalue weighted by Crippen LogP contribution is 2.33. The predicted molar refractivity (Wildman–Crippen MR) is 120 cm³/mol. The highest BCUT2D eigenvalue weighted by atomic mass is 16.5. The Balaban J connectivity index is 1.38. The molecule has 1 N–H and O–H groups in total. The second-order valence-electron chi connectivity index (χ2n) is 8.14. The largest absolute Gasteiger partial charge is 0.448 e. The average molecular weight is 437 g/mol. The van der Waals surface area contributed by atoms with Gasteiger partial charge in [0.2, 0.25) is 0 Å². The molecule has 5 rings (SSSR count). The standard InChI is InChI=1S/C24H27N3O5/c28-23(22-15-17-3-1-2-4-19(17)24(29)32-22)25-20-6-5-18(26-7-11-30-12-8-26)16-21(20)27-9-13-31-14-10-27/h1-6,16,22H,7-15H2,(H,25,28)/t22-/m0/s1. The third-order valence-corrected chi connectivity index (χ3v) is 6.15. The molecule has 168 valence electrons. The fourth-order valence-corrected chi connectivity index (χ4v) is 4.40. The van der Waals surface area contributed by atoms with Gasteiger partial charge in [0.05, 0.1) is 43.4 Å². The summed E-state index contributed by atoms with van der Waals surface area (Å²) in [5.41, 5.74) is 4.13. The van der Waals surface area contributed by atoms with Gasteiger partial charge in [-0.2, -0.15) is 0 Å². The van der Waals surface area contributed by atoms with Gasteiger partial charge in [-0.1, -0.05) is 18.2 Å². The van der Waals surface area contributed by atoms with Crippen molar-refractivity contribution in [2.45, 2.75) is 12.5 Å². The average Bonchev–Trinajstić information content (AvgIpc) is 2.85. The van der Waals surface area contributed by atoms with Crippen molar-refractivity contribution < 1.29 is 23.8 Å². The van der Waals surface area contributed by atoms with Crippen LogP contribution in [0.5, 0.6) is 0 Å². The van der Waals surface area contributed by atoms with Crippen LogP contribution in [0, 0.1) is 0 Å². The fraction of sp³-hybridized carbons (Fsp3) is 0.417. The molecule has 0 aliphatic carbocycles. The number of morpholine rings is 2. The number of nitrogens with zero attached hydrogens (tertiary/aromatic N) is 2. The lowest BCUT2D eigenvalue weighted by Crippen LogP contribution is -2.40. The summed E-state index contributed by atoms with van der Waals surface area (Å²) in [4.78, 5) is 30.0. The van der Waals surface area contributed by atoms with Crippen LogP contribution in [0.4, 0.5) is 17.1 Å². The molecule has 32 heavy (non-hydrogen) atoms. The summed E-state index contributed by atoms with van der Waals surface area (Å²) in [5, 5.41) is 3.02. The number of ether oxygens (including phenoxy) is 3. The minimum Gasteiger partial charge on any atom is -0.448 e. The van der Waals surface area contributed by atoms with Gasteiger partial charge in [0.25, 0.3) is 5.91 Å². The Hall–Kier alpha value is -3.10. The molecule has 3 aliphatic heterocycles. The Kier molecular flexibility index (Phi) is 5.96. The minimum absolute atomic E-state index is 0.318. The van der Waals surface area contributed by atoms with Gasteiger partial charge in [-0.3, -0.25) is 4.79 Å². The van der Waals surface area contributed by atoms with Crippen LogP contribution in [0.15, 0.2) is 42.5 Å². The SMILES string of the molecule is O=C1O[C@H](C(=O)Nc2ccc(N3CCOCC3)cc2N2CCOCC2)Cc2ccccc21. The Morgan fingerprint density at radius 1 is 0.906 bits per heavy atom. The van der Waals surface area contributed by atoms with Crippen molar-refractivity contribution in [3.05, 3.63) is 53.6 Å². The van der Waals surface area contributed by atoms with Crippen molar-refractivity contribution in [3.8, 4) is 0 Å². The maximum absolute atomic E-state index is 13.1. The van der Waals surface area contributed by atoms with E-state index in [1.165, 1.54) is 0 Å². The molecule has 2 aromatic rings. The first kappa shape index (κ1) is 20.8. The maximum Gasteiger partial charge on any atom is 0.339 e. The van der Waals surface area contributed by atoms with Crippen LogP contribution in [-0.2, 0) is 25.4 Å². The van der Waals surface area contributed by atoms with E-state index in [1.807, 2.05) is 24.3 Å². The molecule has 1 amide bonds. The van der Waals surface area contributed by atoms with E-state index in [-0.39, 0.29) is 5.91 Å². The summed E-state index contributed by atoms with van der Waals surface area (Å²) in [6.07, 6.45) is -0.485. The summed E-state index contributed by atoms with van der Waals surface area (Å²) < 4.78 is 16.4. The Labute approximate surface area is 187 Å². The fourth-order valence-electron chi connectivity index (χ4n) is 4.40. The van der Waals surface area contributed by atoms with Crippen LogP contribution >= 0.6 is 0 Å². The summed E-state index contributed by atoms with van der Waals surface area (Å²) in [7, 11) is 0. The van der Waals surface area contributed by atoms with Gasteiger partial charge < -0.3 is 29.3 Å². The Morgan fingerprint density at radius 3 is 2.34 bits per heavy atom. The monoisotopic (exact) mass is 437 g/mol. The number of anilines is 3. The van der Waals surface area contributed by atoms with E-state index in [2.05, 4.69) is 21.2 Å². The van der Waals surface area contributed by atoms with Gasteiger partial charge in [-0.05, 0) is 29.8 Å². The van der Waals surface area contributed by atoms with E-state index in [0.29, 0.717) is 44.1 Å². The molecule has 8 heteroatoms. The third-order valence-electron chi connectivity index (χ3n) is 6.15. The molecule has 0 aromatic heterocycles. The summed E-state index contributed by atoms with van der Waals surface area (Å²) in [6, 6.07) is 13.3. The predicted octanol–water partition coefficient (Wildman–Crippen LogP) is 2.08. The summed E-state index contributed by atoms with van der Waals surface area (Å²) in [6.45, 7) is 5.89. The quantitative estimate of drug-likeness (QED) is 0.734. The van der Waals surface area contributed by atoms with E-state index in [1.54, 1.807) is 12.1 Å². The van der Waals surface area contributed by atoms with Crippen molar-refractivity contribution in [3.63, 3.8) is 0 Å². The molecule has 2 aromatic carbocycles. The van der Waals surface area contributed by atoms with Crippen LogP contribution in [0.1, 0.15) is 15.9 Å². The van der Waals surface area contributed by atoms with E-state index in [0.717, 1.165) is 43.1 Å². The molecule has 2 saturated heterocycles. The molecule has 3 heterocycles. The molecule has 0 radical (unpaired) electrons. The number of carbonyl (C=O) groups is 2. The van der Waals surface area contributed by atoms with Crippen LogP contribution in [0.2, 0.25) is 0 Å². The van der Waals surface area contributed by atoms with Gasteiger partial charge in [-0.25, -0.2) is 4.79 Å². The first-order valence-electron chi connectivity index (χ1n) is 11.1. The maximum atomic E-state index is 13.1. The highest BCUT2D eigenvalue weighted by molar-refractivity contribution is 6.01. The molecule has 1 atom stereocenters.